The van der Waals surface area contributed by atoms with Gasteiger partial charge in [-0.2, -0.15) is 0 Å². The summed E-state index contributed by atoms with van der Waals surface area (Å²) in [6.45, 7) is 1.98. The quantitative estimate of drug-likeness (QED) is 0.652. The fraction of sp³-hybridized carbons (Fsp3) is 1.00. The molecule has 2 heteroatoms. The van der Waals surface area contributed by atoms with Crippen LogP contribution in [0.3, 0.4) is 0 Å². The zero-order valence-corrected chi connectivity index (χ0v) is 9.89. The first-order chi connectivity index (χ1) is 6.09. The monoisotopic (exact) mass is 246 g/mol. The van der Waals surface area contributed by atoms with Crippen molar-refractivity contribution >= 4 is 15.9 Å². The molecule has 13 heavy (non-hydrogen) atoms. The first kappa shape index (κ1) is 9.97. The Kier molecular flexibility index (Phi) is 2.72. The predicted octanol–water partition coefficient (Wildman–Crippen LogP) is 3.10. The second kappa shape index (κ2) is 3.54. The lowest BCUT2D eigenvalue weighted by molar-refractivity contribution is -0.0224. The SMILES string of the molecule is C[C@@]1(O)C[C@H]2CCCC[C@@H]2C[C@H]1Br. The first-order valence-electron chi connectivity index (χ1n) is 5.46. The van der Waals surface area contributed by atoms with E-state index in [0.717, 1.165) is 18.3 Å². The topological polar surface area (TPSA) is 20.2 Å². The van der Waals surface area contributed by atoms with Crippen LogP contribution < -0.4 is 0 Å². The van der Waals surface area contributed by atoms with Crippen LogP contribution in [0.15, 0.2) is 0 Å². The lowest BCUT2D eigenvalue weighted by Crippen LogP contribution is -2.46. The minimum atomic E-state index is -0.460. The number of rotatable bonds is 0. The molecule has 2 rings (SSSR count). The highest BCUT2D eigenvalue weighted by molar-refractivity contribution is 9.09. The molecule has 2 saturated carbocycles. The summed E-state index contributed by atoms with van der Waals surface area (Å²) in [7, 11) is 0. The second-order valence-corrected chi connectivity index (χ2v) is 6.17. The van der Waals surface area contributed by atoms with Gasteiger partial charge in [0.2, 0.25) is 0 Å². The predicted molar refractivity (Wildman–Crippen MR) is 58.0 cm³/mol. The van der Waals surface area contributed by atoms with Gasteiger partial charge in [0.1, 0.15) is 0 Å². The summed E-state index contributed by atoms with van der Waals surface area (Å²) in [5.74, 6) is 1.69. The number of aliphatic hydroxyl groups is 1. The molecule has 0 aliphatic heterocycles. The molecule has 76 valence electrons. The lowest BCUT2D eigenvalue weighted by Gasteiger charge is -2.45. The van der Waals surface area contributed by atoms with E-state index in [4.69, 9.17) is 0 Å². The Bertz CT molecular complexity index is 191. The number of hydrogen-bond donors (Lipinski definition) is 1. The first-order valence-corrected chi connectivity index (χ1v) is 6.37. The van der Waals surface area contributed by atoms with Gasteiger partial charge in [-0.25, -0.2) is 0 Å². The van der Waals surface area contributed by atoms with E-state index in [2.05, 4.69) is 15.9 Å². The van der Waals surface area contributed by atoms with E-state index in [0.29, 0.717) is 4.83 Å². The molecule has 0 aromatic rings. The molecule has 0 radical (unpaired) electrons. The minimum Gasteiger partial charge on any atom is -0.389 e. The van der Waals surface area contributed by atoms with Gasteiger partial charge in [-0.15, -0.1) is 0 Å². The Balaban J connectivity index is 2.05. The fourth-order valence-electron chi connectivity index (χ4n) is 3.04. The molecule has 1 N–H and O–H groups in total. The van der Waals surface area contributed by atoms with E-state index in [1.165, 1.54) is 32.1 Å². The van der Waals surface area contributed by atoms with Crippen LogP contribution in [0.4, 0.5) is 0 Å². The maximum Gasteiger partial charge on any atom is 0.0747 e. The van der Waals surface area contributed by atoms with Crippen molar-refractivity contribution in [3.05, 3.63) is 0 Å². The van der Waals surface area contributed by atoms with Gasteiger partial charge in [0.05, 0.1) is 5.60 Å². The highest BCUT2D eigenvalue weighted by Crippen LogP contribution is 2.46. The van der Waals surface area contributed by atoms with E-state index in [1.807, 2.05) is 6.92 Å². The van der Waals surface area contributed by atoms with E-state index in [9.17, 15) is 5.11 Å². The zero-order chi connectivity index (χ0) is 9.47. The molecule has 4 atom stereocenters. The molecule has 2 aliphatic carbocycles. The number of alkyl halides is 1. The third kappa shape index (κ3) is 1.94. The summed E-state index contributed by atoms with van der Waals surface area (Å²) in [5, 5.41) is 10.1. The second-order valence-electron chi connectivity index (χ2n) is 5.07. The Morgan fingerprint density at radius 2 is 1.85 bits per heavy atom. The van der Waals surface area contributed by atoms with Crippen molar-refractivity contribution in [2.24, 2.45) is 11.8 Å². The van der Waals surface area contributed by atoms with Crippen LogP contribution in [0.1, 0.15) is 45.4 Å². The van der Waals surface area contributed by atoms with Crippen molar-refractivity contribution in [1.82, 2.24) is 0 Å². The maximum atomic E-state index is 10.1. The minimum absolute atomic E-state index is 0.319. The Labute approximate surface area is 89.0 Å². The van der Waals surface area contributed by atoms with Gasteiger partial charge >= 0.3 is 0 Å². The van der Waals surface area contributed by atoms with Gasteiger partial charge < -0.3 is 5.11 Å². The normalized spacial score (nSPS) is 51.5. The number of hydrogen-bond acceptors (Lipinski definition) is 1. The van der Waals surface area contributed by atoms with Crippen molar-refractivity contribution in [1.29, 1.82) is 0 Å². The molecular weight excluding hydrogens is 228 g/mol. The standard InChI is InChI=1S/C11H19BrO/c1-11(13)7-9-5-3-2-4-8(9)6-10(11)12/h8-10,13H,2-7H2,1H3/t8-,9-,10-,11-/m1/s1. The molecule has 0 bridgehead atoms. The van der Waals surface area contributed by atoms with Crippen LogP contribution in [-0.2, 0) is 0 Å². The van der Waals surface area contributed by atoms with Gasteiger partial charge in [0, 0.05) is 4.83 Å². The number of halogens is 1. The Morgan fingerprint density at radius 3 is 2.54 bits per heavy atom. The molecule has 0 aromatic heterocycles. The highest BCUT2D eigenvalue weighted by Gasteiger charge is 2.42. The van der Waals surface area contributed by atoms with Crippen molar-refractivity contribution < 1.29 is 5.11 Å². The summed E-state index contributed by atoms with van der Waals surface area (Å²) < 4.78 is 0. The van der Waals surface area contributed by atoms with Gasteiger partial charge in [-0.05, 0) is 31.6 Å². The van der Waals surface area contributed by atoms with E-state index in [1.54, 1.807) is 0 Å². The third-order valence-corrected chi connectivity index (χ3v) is 5.29. The van der Waals surface area contributed by atoms with Crippen molar-refractivity contribution in [2.45, 2.75) is 55.9 Å². The van der Waals surface area contributed by atoms with E-state index < -0.39 is 5.60 Å². The molecule has 0 heterocycles. The fourth-order valence-corrected chi connectivity index (χ4v) is 3.71. The van der Waals surface area contributed by atoms with Crippen LogP contribution in [0, 0.1) is 11.8 Å². The summed E-state index contributed by atoms with van der Waals surface area (Å²) in [5.41, 5.74) is -0.460. The molecule has 2 fully saturated rings. The van der Waals surface area contributed by atoms with Gasteiger partial charge in [-0.1, -0.05) is 41.6 Å². The van der Waals surface area contributed by atoms with Gasteiger partial charge in [-0.3, -0.25) is 0 Å². The largest absolute Gasteiger partial charge is 0.389 e. The molecule has 0 amide bonds. The van der Waals surface area contributed by atoms with Crippen LogP contribution in [0.2, 0.25) is 0 Å². The Morgan fingerprint density at radius 1 is 1.23 bits per heavy atom. The van der Waals surface area contributed by atoms with Crippen molar-refractivity contribution in [3.8, 4) is 0 Å². The van der Waals surface area contributed by atoms with Crippen LogP contribution in [0.5, 0.6) is 0 Å². The third-order valence-electron chi connectivity index (χ3n) is 3.93. The molecule has 0 aromatic carbocycles. The van der Waals surface area contributed by atoms with Crippen molar-refractivity contribution in [2.75, 3.05) is 0 Å². The lowest BCUT2D eigenvalue weighted by atomic mass is 9.66. The molecule has 0 saturated heterocycles. The summed E-state index contributed by atoms with van der Waals surface area (Å²) in [6.07, 6.45) is 7.71. The average Bonchev–Trinajstić information content (AvgIpc) is 2.06. The molecule has 0 spiro atoms. The van der Waals surface area contributed by atoms with Crippen LogP contribution in [-0.4, -0.2) is 15.5 Å². The zero-order valence-electron chi connectivity index (χ0n) is 8.30. The molecule has 0 unspecified atom stereocenters. The summed E-state index contributed by atoms with van der Waals surface area (Å²) in [6, 6.07) is 0. The summed E-state index contributed by atoms with van der Waals surface area (Å²) in [4.78, 5) is 0.319. The van der Waals surface area contributed by atoms with Crippen LogP contribution >= 0.6 is 15.9 Å². The highest BCUT2D eigenvalue weighted by atomic mass is 79.9. The Hall–Kier alpha value is 0.440. The van der Waals surface area contributed by atoms with Gasteiger partial charge in [0.25, 0.3) is 0 Å². The van der Waals surface area contributed by atoms with Crippen LogP contribution in [0.25, 0.3) is 0 Å². The summed E-state index contributed by atoms with van der Waals surface area (Å²) >= 11 is 3.62. The molecule has 2 aliphatic rings. The number of fused-ring (bicyclic) bond motifs is 1. The average molecular weight is 247 g/mol. The van der Waals surface area contributed by atoms with E-state index >= 15 is 0 Å². The maximum absolute atomic E-state index is 10.1. The smallest absolute Gasteiger partial charge is 0.0747 e. The van der Waals surface area contributed by atoms with Crippen molar-refractivity contribution in [3.63, 3.8) is 0 Å². The molecule has 1 nitrogen and oxygen atoms in total. The van der Waals surface area contributed by atoms with Gasteiger partial charge in [0.15, 0.2) is 0 Å². The molecular formula is C11H19BrO. The van der Waals surface area contributed by atoms with E-state index in [-0.39, 0.29) is 0 Å².